The average molecular weight is 390 g/mol. The van der Waals surface area contributed by atoms with Gasteiger partial charge in [0, 0.05) is 5.39 Å². The van der Waals surface area contributed by atoms with Gasteiger partial charge in [-0.2, -0.15) is 0 Å². The van der Waals surface area contributed by atoms with Gasteiger partial charge in [0.2, 0.25) is 0 Å². The molecule has 0 aliphatic carbocycles. The monoisotopic (exact) mass is 389 g/mol. The lowest BCUT2D eigenvalue weighted by atomic mass is 10.1. The number of rotatable bonds is 5. The van der Waals surface area contributed by atoms with Crippen LogP contribution in [-0.4, -0.2) is 29.4 Å². The Balaban J connectivity index is 1.63. The van der Waals surface area contributed by atoms with Crippen molar-refractivity contribution in [2.45, 2.75) is 0 Å². The molecule has 0 atom stereocenters. The second-order valence-corrected chi connectivity index (χ2v) is 6.50. The number of nitrogens with two attached hydrogens (primary N) is 1. The lowest BCUT2D eigenvalue weighted by molar-refractivity contribution is -0.119. The number of nitrogens with one attached hydrogen (secondary N) is 1. The summed E-state index contributed by atoms with van der Waals surface area (Å²) in [6.07, 6.45) is 0. The van der Waals surface area contributed by atoms with Gasteiger partial charge in [-0.1, -0.05) is 11.6 Å². The smallest absolute Gasteiger partial charge is 0.338 e. The molecule has 2 amide bonds. The molecular weight excluding hydrogens is 378 g/mol. The van der Waals surface area contributed by atoms with Crippen molar-refractivity contribution in [3.63, 3.8) is 0 Å². The van der Waals surface area contributed by atoms with Crippen LogP contribution in [-0.2, 0) is 9.53 Å². The van der Waals surface area contributed by atoms with E-state index in [1.54, 1.807) is 29.6 Å². The molecule has 26 heavy (non-hydrogen) atoms. The Kier molecular flexibility index (Phi) is 5.15. The number of primary amides is 1. The summed E-state index contributed by atoms with van der Waals surface area (Å²) in [5, 5.41) is 5.50. The molecule has 0 aliphatic heterocycles. The lowest BCUT2D eigenvalue weighted by Gasteiger charge is -2.07. The van der Waals surface area contributed by atoms with E-state index in [1.807, 2.05) is 0 Å². The van der Waals surface area contributed by atoms with Crippen molar-refractivity contribution in [2.75, 3.05) is 11.9 Å². The minimum absolute atomic E-state index is 0.204. The number of aromatic nitrogens is 1. The summed E-state index contributed by atoms with van der Waals surface area (Å²) in [5.41, 5.74) is 6.33. The number of benzene rings is 1. The molecule has 0 unspecified atom stereocenters. The molecular formula is C17H12ClN3O4S. The number of hydrogen-bond acceptors (Lipinski definition) is 6. The molecule has 2 heterocycles. The molecule has 132 valence electrons. The standard InChI is InChI=1S/C17H12ClN3O4S/c18-13-4-2-9-7-10(1-3-12(9)20-13)17(24)25-8-14(22)21-16-11(15(19)23)5-6-26-16/h1-7H,8H2,(H2,19,23)(H,21,22). The highest BCUT2D eigenvalue weighted by Gasteiger charge is 2.15. The molecule has 0 aliphatic rings. The minimum atomic E-state index is -0.654. The number of fused-ring (bicyclic) bond motifs is 1. The molecule has 0 saturated carbocycles. The van der Waals surface area contributed by atoms with Crippen LogP contribution in [0.3, 0.4) is 0 Å². The van der Waals surface area contributed by atoms with E-state index in [1.165, 1.54) is 12.1 Å². The number of carbonyl (C=O) groups is 3. The molecule has 3 N–H and O–H groups in total. The fraction of sp³-hybridized carbons (Fsp3) is 0.0588. The quantitative estimate of drug-likeness (QED) is 0.514. The highest BCUT2D eigenvalue weighted by Crippen LogP contribution is 2.22. The lowest BCUT2D eigenvalue weighted by Crippen LogP contribution is -2.22. The Morgan fingerprint density at radius 2 is 2.00 bits per heavy atom. The zero-order chi connectivity index (χ0) is 18.7. The van der Waals surface area contributed by atoms with Gasteiger partial charge in [0.1, 0.15) is 10.2 Å². The van der Waals surface area contributed by atoms with Gasteiger partial charge in [-0.05, 0) is 41.8 Å². The molecule has 2 aromatic heterocycles. The fourth-order valence-corrected chi connectivity index (χ4v) is 3.17. The molecule has 0 fully saturated rings. The highest BCUT2D eigenvalue weighted by atomic mass is 35.5. The summed E-state index contributed by atoms with van der Waals surface area (Å²) in [6, 6.07) is 9.63. The van der Waals surface area contributed by atoms with Crippen LogP contribution in [0.1, 0.15) is 20.7 Å². The second kappa shape index (κ2) is 7.51. The van der Waals surface area contributed by atoms with Crippen molar-refractivity contribution < 1.29 is 19.1 Å². The topological polar surface area (TPSA) is 111 Å². The summed E-state index contributed by atoms with van der Waals surface area (Å²) in [5.74, 6) is -1.88. The van der Waals surface area contributed by atoms with Gasteiger partial charge in [-0.3, -0.25) is 9.59 Å². The molecule has 0 spiro atoms. The fourth-order valence-electron chi connectivity index (χ4n) is 2.20. The normalized spacial score (nSPS) is 10.5. The van der Waals surface area contributed by atoms with E-state index >= 15 is 0 Å². The predicted molar refractivity (Wildman–Crippen MR) is 98.5 cm³/mol. The first kappa shape index (κ1) is 17.8. The van der Waals surface area contributed by atoms with Crippen LogP contribution in [0.5, 0.6) is 0 Å². The molecule has 7 nitrogen and oxygen atoms in total. The molecule has 3 aromatic rings. The van der Waals surface area contributed by atoms with Crippen LogP contribution < -0.4 is 11.1 Å². The summed E-state index contributed by atoms with van der Waals surface area (Å²) in [4.78, 5) is 39.4. The molecule has 9 heteroatoms. The molecule has 3 rings (SSSR count). The third-order valence-electron chi connectivity index (χ3n) is 3.41. The number of pyridine rings is 1. The van der Waals surface area contributed by atoms with Crippen molar-refractivity contribution in [1.82, 2.24) is 4.98 Å². The maximum absolute atomic E-state index is 12.1. The van der Waals surface area contributed by atoms with E-state index in [9.17, 15) is 14.4 Å². The van der Waals surface area contributed by atoms with Crippen molar-refractivity contribution in [3.05, 3.63) is 58.1 Å². The van der Waals surface area contributed by atoms with Gasteiger partial charge in [-0.15, -0.1) is 11.3 Å². The molecule has 0 saturated heterocycles. The first-order chi connectivity index (χ1) is 12.4. The summed E-state index contributed by atoms with van der Waals surface area (Å²) < 4.78 is 5.00. The SMILES string of the molecule is NC(=O)c1ccsc1NC(=O)COC(=O)c1ccc2nc(Cl)ccc2c1. The Labute approximate surface area is 156 Å². The largest absolute Gasteiger partial charge is 0.452 e. The minimum Gasteiger partial charge on any atom is -0.452 e. The average Bonchev–Trinajstić information content (AvgIpc) is 3.07. The summed E-state index contributed by atoms with van der Waals surface area (Å²) in [7, 11) is 0. The predicted octanol–water partition coefficient (Wildman–Crippen LogP) is 2.84. The van der Waals surface area contributed by atoms with Gasteiger partial charge in [0.05, 0.1) is 16.6 Å². The van der Waals surface area contributed by atoms with Gasteiger partial charge in [-0.25, -0.2) is 9.78 Å². The number of hydrogen-bond donors (Lipinski definition) is 2. The summed E-state index contributed by atoms with van der Waals surface area (Å²) in [6.45, 7) is -0.494. The molecule has 0 radical (unpaired) electrons. The Bertz CT molecular complexity index is 1020. The van der Waals surface area contributed by atoms with Gasteiger partial charge < -0.3 is 15.8 Å². The van der Waals surface area contributed by atoms with Crippen molar-refractivity contribution in [2.24, 2.45) is 5.73 Å². The number of thiophene rings is 1. The number of carbonyl (C=O) groups excluding carboxylic acids is 3. The van der Waals surface area contributed by atoms with E-state index in [0.717, 1.165) is 16.7 Å². The number of nitrogens with zero attached hydrogens (tertiary/aromatic N) is 1. The van der Waals surface area contributed by atoms with Crippen LogP contribution in [0, 0.1) is 0 Å². The third kappa shape index (κ3) is 3.98. The van der Waals surface area contributed by atoms with E-state index in [-0.39, 0.29) is 11.1 Å². The van der Waals surface area contributed by atoms with Gasteiger partial charge in [0.25, 0.3) is 11.8 Å². The molecule has 1 aromatic carbocycles. The first-order valence-corrected chi connectivity index (χ1v) is 8.60. The van der Waals surface area contributed by atoms with Gasteiger partial charge in [0.15, 0.2) is 6.61 Å². The second-order valence-electron chi connectivity index (χ2n) is 5.19. The first-order valence-electron chi connectivity index (χ1n) is 7.34. The Morgan fingerprint density at radius 3 is 2.77 bits per heavy atom. The maximum Gasteiger partial charge on any atom is 0.338 e. The van der Waals surface area contributed by atoms with Crippen molar-refractivity contribution in [3.8, 4) is 0 Å². The van der Waals surface area contributed by atoms with Crippen LogP contribution in [0.2, 0.25) is 5.15 Å². The number of ether oxygens (including phenoxy) is 1. The van der Waals surface area contributed by atoms with E-state index in [0.29, 0.717) is 15.7 Å². The van der Waals surface area contributed by atoms with Crippen LogP contribution in [0.4, 0.5) is 5.00 Å². The maximum atomic E-state index is 12.1. The Hall–Kier alpha value is -2.97. The number of amides is 2. The van der Waals surface area contributed by atoms with Crippen LogP contribution >= 0.6 is 22.9 Å². The van der Waals surface area contributed by atoms with Crippen molar-refractivity contribution >= 4 is 56.6 Å². The van der Waals surface area contributed by atoms with Crippen LogP contribution in [0.15, 0.2) is 41.8 Å². The Morgan fingerprint density at radius 1 is 1.19 bits per heavy atom. The zero-order valence-electron chi connectivity index (χ0n) is 13.2. The summed E-state index contributed by atoms with van der Waals surface area (Å²) >= 11 is 6.97. The molecule has 0 bridgehead atoms. The van der Waals surface area contributed by atoms with E-state index in [4.69, 9.17) is 22.1 Å². The number of anilines is 1. The number of halogens is 1. The third-order valence-corrected chi connectivity index (χ3v) is 4.45. The van der Waals surface area contributed by atoms with Crippen LogP contribution in [0.25, 0.3) is 10.9 Å². The number of esters is 1. The van der Waals surface area contributed by atoms with Crippen molar-refractivity contribution in [1.29, 1.82) is 0 Å². The van der Waals surface area contributed by atoms with E-state index in [2.05, 4.69) is 10.3 Å². The van der Waals surface area contributed by atoms with Gasteiger partial charge >= 0.3 is 5.97 Å². The highest BCUT2D eigenvalue weighted by molar-refractivity contribution is 7.14. The zero-order valence-corrected chi connectivity index (χ0v) is 14.8. The van der Waals surface area contributed by atoms with E-state index < -0.39 is 24.4 Å².